The molecule has 1 aliphatic rings. The van der Waals surface area contributed by atoms with Gasteiger partial charge in [0, 0.05) is 11.9 Å². The van der Waals surface area contributed by atoms with Crippen LogP contribution in [0.5, 0.6) is 11.5 Å². The summed E-state index contributed by atoms with van der Waals surface area (Å²) in [4.78, 5) is 25.7. The highest BCUT2D eigenvalue weighted by Gasteiger charge is 2.24. The molecule has 0 unspecified atom stereocenters. The van der Waals surface area contributed by atoms with Crippen molar-refractivity contribution in [1.29, 1.82) is 0 Å². The Morgan fingerprint density at radius 2 is 2.00 bits per heavy atom. The molecule has 0 saturated heterocycles. The molecule has 27 heavy (non-hydrogen) atoms. The molecule has 6 nitrogen and oxygen atoms in total. The fourth-order valence-corrected chi connectivity index (χ4v) is 3.51. The predicted octanol–water partition coefficient (Wildman–Crippen LogP) is 3.70. The summed E-state index contributed by atoms with van der Waals surface area (Å²) in [7, 11) is 1.57. The van der Waals surface area contributed by atoms with Crippen LogP contribution < -0.4 is 20.2 Å². The summed E-state index contributed by atoms with van der Waals surface area (Å²) in [5, 5.41) is 3.34. The number of ether oxygens (including phenoxy) is 2. The summed E-state index contributed by atoms with van der Waals surface area (Å²) in [5.41, 5.74) is 0.797. The monoisotopic (exact) mass is 384 g/mol. The lowest BCUT2D eigenvalue weighted by molar-refractivity contribution is 0.102. The Morgan fingerprint density at radius 3 is 2.70 bits per heavy atom. The van der Waals surface area contributed by atoms with Crippen molar-refractivity contribution in [1.82, 2.24) is 4.57 Å². The second-order valence-corrected chi connectivity index (χ2v) is 6.81. The van der Waals surface area contributed by atoms with Crippen LogP contribution in [0.1, 0.15) is 17.3 Å². The molecule has 1 aromatic heterocycles. The first-order valence-corrected chi connectivity index (χ1v) is 8.83. The summed E-state index contributed by atoms with van der Waals surface area (Å²) in [6, 6.07) is 10.2. The number of hydrogen-bond donors (Lipinski definition) is 1. The van der Waals surface area contributed by atoms with E-state index in [2.05, 4.69) is 5.32 Å². The van der Waals surface area contributed by atoms with Crippen molar-refractivity contribution in [2.24, 2.45) is 0 Å². The van der Waals surface area contributed by atoms with Gasteiger partial charge in [-0.2, -0.15) is 0 Å². The molecule has 2 aromatic carbocycles. The maximum absolute atomic E-state index is 13.0. The number of aromatic nitrogens is 1. The molecular formula is C20H17ClN2O4. The van der Waals surface area contributed by atoms with Crippen LogP contribution in [0.3, 0.4) is 0 Å². The largest absolute Gasteiger partial charge is 0.497 e. The minimum atomic E-state index is -0.489. The summed E-state index contributed by atoms with van der Waals surface area (Å²) in [6.07, 6.45) is 1.49. The fraction of sp³-hybridized carbons (Fsp3) is 0.200. The van der Waals surface area contributed by atoms with Crippen LogP contribution in [0.2, 0.25) is 5.02 Å². The highest BCUT2D eigenvalue weighted by atomic mass is 35.5. The van der Waals surface area contributed by atoms with Crippen molar-refractivity contribution in [2.45, 2.75) is 19.6 Å². The Kier molecular flexibility index (Phi) is 4.28. The molecule has 0 spiro atoms. The lowest BCUT2D eigenvalue weighted by Crippen LogP contribution is -2.30. The highest BCUT2D eigenvalue weighted by Crippen LogP contribution is 2.33. The smallest absolute Gasteiger partial charge is 0.261 e. The van der Waals surface area contributed by atoms with E-state index in [1.54, 1.807) is 49.7 Å². The second-order valence-electron chi connectivity index (χ2n) is 6.40. The number of halogens is 1. The molecule has 2 heterocycles. The van der Waals surface area contributed by atoms with Gasteiger partial charge in [-0.15, -0.1) is 0 Å². The van der Waals surface area contributed by atoms with E-state index in [1.807, 2.05) is 11.5 Å². The molecule has 0 aliphatic carbocycles. The number of nitrogens with one attached hydrogen (secondary N) is 1. The average molecular weight is 385 g/mol. The zero-order chi connectivity index (χ0) is 19.1. The van der Waals surface area contributed by atoms with Gasteiger partial charge in [-0.05, 0) is 43.3 Å². The van der Waals surface area contributed by atoms with E-state index < -0.39 is 11.3 Å². The van der Waals surface area contributed by atoms with Gasteiger partial charge < -0.3 is 19.4 Å². The quantitative estimate of drug-likeness (QED) is 0.747. The molecule has 1 aliphatic heterocycles. The molecule has 3 aromatic rings. The third kappa shape index (κ3) is 3.02. The molecule has 4 rings (SSSR count). The number of anilines is 1. The first kappa shape index (κ1) is 17.4. The first-order valence-electron chi connectivity index (χ1n) is 8.45. The van der Waals surface area contributed by atoms with Gasteiger partial charge in [0.25, 0.3) is 5.91 Å². The van der Waals surface area contributed by atoms with Crippen LogP contribution in [-0.4, -0.2) is 23.7 Å². The standard InChI is InChI=1S/C20H17ClN2O4/c1-11-9-23-10-14(20(25)22-12-3-5-13(26-2)6-4-12)19(24)17-15(21)7-8-16(27-11)18(17)23/h3-8,10-11H,9H2,1-2H3,(H,22,25)/t11-/m1/s1. The van der Waals surface area contributed by atoms with Gasteiger partial charge in [0.1, 0.15) is 23.2 Å². The van der Waals surface area contributed by atoms with Gasteiger partial charge in [-0.1, -0.05) is 11.6 Å². The van der Waals surface area contributed by atoms with E-state index in [1.165, 1.54) is 0 Å². The van der Waals surface area contributed by atoms with E-state index in [-0.39, 0.29) is 11.7 Å². The molecule has 1 N–H and O–H groups in total. The molecular weight excluding hydrogens is 368 g/mol. The van der Waals surface area contributed by atoms with Gasteiger partial charge in [0.15, 0.2) is 0 Å². The lowest BCUT2D eigenvalue weighted by atomic mass is 10.1. The number of amides is 1. The number of carbonyl (C=O) groups is 1. The van der Waals surface area contributed by atoms with Crippen LogP contribution in [0.4, 0.5) is 5.69 Å². The summed E-state index contributed by atoms with van der Waals surface area (Å²) in [6.45, 7) is 2.45. The van der Waals surface area contributed by atoms with Gasteiger partial charge in [-0.3, -0.25) is 9.59 Å². The zero-order valence-corrected chi connectivity index (χ0v) is 15.5. The normalized spacial score (nSPS) is 15.3. The summed E-state index contributed by atoms with van der Waals surface area (Å²) < 4.78 is 12.8. The Labute approximate surface area is 160 Å². The molecule has 1 atom stereocenters. The molecule has 7 heteroatoms. The number of pyridine rings is 1. The summed E-state index contributed by atoms with van der Waals surface area (Å²) >= 11 is 6.28. The van der Waals surface area contributed by atoms with Crippen molar-refractivity contribution in [3.05, 3.63) is 63.4 Å². The van der Waals surface area contributed by atoms with E-state index >= 15 is 0 Å². The van der Waals surface area contributed by atoms with Gasteiger partial charge in [0.05, 0.1) is 29.6 Å². The fourth-order valence-electron chi connectivity index (χ4n) is 3.27. The van der Waals surface area contributed by atoms with Gasteiger partial charge >= 0.3 is 0 Å². The predicted molar refractivity (Wildman–Crippen MR) is 104 cm³/mol. The van der Waals surface area contributed by atoms with Crippen molar-refractivity contribution >= 4 is 34.1 Å². The number of nitrogens with zero attached hydrogens (tertiary/aromatic N) is 1. The van der Waals surface area contributed by atoms with Crippen LogP contribution in [0, 0.1) is 0 Å². The van der Waals surface area contributed by atoms with Crippen LogP contribution in [0.15, 0.2) is 47.4 Å². The zero-order valence-electron chi connectivity index (χ0n) is 14.8. The van der Waals surface area contributed by atoms with Crippen LogP contribution in [-0.2, 0) is 6.54 Å². The number of methoxy groups -OCH3 is 1. The van der Waals surface area contributed by atoms with Crippen molar-refractivity contribution in [2.75, 3.05) is 12.4 Å². The molecule has 0 fully saturated rings. The van der Waals surface area contributed by atoms with Gasteiger partial charge in [0.2, 0.25) is 5.43 Å². The number of rotatable bonds is 3. The molecule has 138 valence electrons. The number of hydrogen-bond acceptors (Lipinski definition) is 4. The maximum Gasteiger partial charge on any atom is 0.261 e. The summed E-state index contributed by atoms with van der Waals surface area (Å²) in [5.74, 6) is 0.778. The third-order valence-corrected chi connectivity index (χ3v) is 4.82. The van der Waals surface area contributed by atoms with Crippen LogP contribution in [0.25, 0.3) is 10.9 Å². The van der Waals surface area contributed by atoms with Crippen LogP contribution >= 0.6 is 11.6 Å². The lowest BCUT2D eigenvalue weighted by Gasteiger charge is -2.26. The second kappa shape index (κ2) is 6.63. The van der Waals surface area contributed by atoms with Crippen molar-refractivity contribution in [3.8, 4) is 11.5 Å². The molecule has 0 saturated carbocycles. The Bertz CT molecular complexity index is 1110. The minimum absolute atomic E-state index is 0.0338. The van der Waals surface area contributed by atoms with E-state index in [4.69, 9.17) is 21.1 Å². The van der Waals surface area contributed by atoms with Gasteiger partial charge in [-0.25, -0.2) is 0 Å². The Balaban J connectivity index is 1.80. The Hall–Kier alpha value is -2.99. The highest BCUT2D eigenvalue weighted by molar-refractivity contribution is 6.35. The van der Waals surface area contributed by atoms with E-state index in [9.17, 15) is 9.59 Å². The van der Waals surface area contributed by atoms with E-state index in [0.717, 1.165) is 0 Å². The topological polar surface area (TPSA) is 69.6 Å². The molecule has 0 radical (unpaired) electrons. The van der Waals surface area contributed by atoms with Crippen molar-refractivity contribution in [3.63, 3.8) is 0 Å². The van der Waals surface area contributed by atoms with E-state index in [0.29, 0.717) is 39.7 Å². The minimum Gasteiger partial charge on any atom is -0.497 e. The first-order chi connectivity index (χ1) is 13.0. The van der Waals surface area contributed by atoms with Crippen molar-refractivity contribution < 1.29 is 14.3 Å². The Morgan fingerprint density at radius 1 is 1.26 bits per heavy atom. The maximum atomic E-state index is 13.0. The molecule has 1 amide bonds. The average Bonchev–Trinajstić information content (AvgIpc) is 2.66. The SMILES string of the molecule is COc1ccc(NC(=O)c2cn3c4c(ccc(Cl)c4c2=O)O[C@H](C)C3)cc1. The molecule has 0 bridgehead atoms. The number of benzene rings is 2. The number of carbonyl (C=O) groups excluding carboxylic acids is 1. The third-order valence-electron chi connectivity index (χ3n) is 4.51.